The average molecular weight is 392 g/mol. The highest BCUT2D eigenvalue weighted by molar-refractivity contribution is 5.83. The Labute approximate surface area is 173 Å². The van der Waals surface area contributed by atoms with Gasteiger partial charge >= 0.3 is 0 Å². The molecule has 1 aliphatic rings. The maximum atomic E-state index is 5.96. The zero-order valence-corrected chi connectivity index (χ0v) is 17.0. The zero-order valence-electron chi connectivity index (χ0n) is 17.0. The summed E-state index contributed by atoms with van der Waals surface area (Å²) in [5, 5.41) is 2.40. The maximum Gasteiger partial charge on any atom is 0.122 e. The summed E-state index contributed by atoms with van der Waals surface area (Å²) >= 11 is 0. The van der Waals surface area contributed by atoms with E-state index in [9.17, 15) is 0 Å². The van der Waals surface area contributed by atoms with Crippen molar-refractivity contribution in [2.75, 3.05) is 39.5 Å². The molecule has 4 rings (SSSR count). The third kappa shape index (κ3) is 5.28. The Balaban J connectivity index is 1.24. The van der Waals surface area contributed by atoms with Gasteiger partial charge in [0.2, 0.25) is 0 Å². The summed E-state index contributed by atoms with van der Waals surface area (Å²) in [6.45, 7) is 7.18. The number of hydrogen-bond acceptors (Lipinski definition) is 4. The molecular weight excluding hydrogens is 362 g/mol. The molecule has 29 heavy (non-hydrogen) atoms. The van der Waals surface area contributed by atoms with Crippen LogP contribution in [0.2, 0.25) is 0 Å². The van der Waals surface area contributed by atoms with Crippen LogP contribution in [0.25, 0.3) is 10.8 Å². The van der Waals surface area contributed by atoms with Crippen molar-refractivity contribution in [1.29, 1.82) is 0 Å². The summed E-state index contributed by atoms with van der Waals surface area (Å²) in [5.41, 5.74) is 1.21. The number of ether oxygens (including phenoxy) is 3. The van der Waals surface area contributed by atoms with Crippen molar-refractivity contribution in [2.45, 2.75) is 19.4 Å². The Morgan fingerprint density at radius 2 is 1.62 bits per heavy atom. The van der Waals surface area contributed by atoms with Crippen LogP contribution in [0.1, 0.15) is 25.0 Å². The molecule has 1 unspecified atom stereocenters. The molecule has 0 amide bonds. The van der Waals surface area contributed by atoms with Crippen molar-refractivity contribution in [3.63, 3.8) is 0 Å². The van der Waals surface area contributed by atoms with E-state index in [1.165, 1.54) is 22.8 Å². The van der Waals surface area contributed by atoms with Crippen LogP contribution in [-0.4, -0.2) is 44.4 Å². The van der Waals surface area contributed by atoms with Gasteiger partial charge in [-0.05, 0) is 53.6 Å². The topological polar surface area (TPSA) is 30.9 Å². The minimum atomic E-state index is 0.153. The first-order valence-corrected chi connectivity index (χ1v) is 10.5. The molecule has 1 aliphatic heterocycles. The second-order valence-corrected chi connectivity index (χ2v) is 7.43. The normalized spacial score (nSPS) is 17.3. The summed E-state index contributed by atoms with van der Waals surface area (Å²) in [4.78, 5) is 2.47. The summed E-state index contributed by atoms with van der Waals surface area (Å²) in [7, 11) is 0. The largest absolute Gasteiger partial charge is 0.490 e. The van der Waals surface area contributed by atoms with Crippen molar-refractivity contribution in [2.24, 2.45) is 0 Å². The molecule has 0 spiro atoms. The number of fused-ring (bicyclic) bond motifs is 1. The number of morpholine rings is 1. The van der Waals surface area contributed by atoms with Crippen LogP contribution in [0.5, 0.6) is 11.5 Å². The van der Waals surface area contributed by atoms with Gasteiger partial charge in [-0.15, -0.1) is 0 Å². The van der Waals surface area contributed by atoms with E-state index in [1.54, 1.807) is 0 Å². The van der Waals surface area contributed by atoms with E-state index in [1.807, 2.05) is 30.3 Å². The van der Waals surface area contributed by atoms with Crippen LogP contribution < -0.4 is 9.47 Å². The minimum Gasteiger partial charge on any atom is -0.490 e. The standard InChI is InChI=1S/C25H29NO3/c1-2-13-26-14-15-29-25(19-26)21-8-10-23(11-9-21)27-16-17-28-24-12-7-20-5-3-4-6-22(20)18-24/h3-12,18,25H,2,13-17,19H2,1H3. The first-order valence-electron chi connectivity index (χ1n) is 10.5. The SMILES string of the molecule is CCCN1CCOC(c2ccc(OCCOc3ccc4ccccc4c3)cc2)C1. The van der Waals surface area contributed by atoms with Gasteiger partial charge in [-0.2, -0.15) is 0 Å². The van der Waals surface area contributed by atoms with Gasteiger partial charge in [-0.25, -0.2) is 0 Å². The Morgan fingerprint density at radius 3 is 2.41 bits per heavy atom. The van der Waals surface area contributed by atoms with E-state index in [-0.39, 0.29) is 6.10 Å². The van der Waals surface area contributed by atoms with Crippen LogP contribution >= 0.6 is 0 Å². The molecular formula is C25H29NO3. The van der Waals surface area contributed by atoms with Gasteiger partial charge in [0.1, 0.15) is 24.7 Å². The van der Waals surface area contributed by atoms with Crippen LogP contribution in [0, 0.1) is 0 Å². The highest BCUT2D eigenvalue weighted by Crippen LogP contribution is 2.25. The van der Waals surface area contributed by atoms with E-state index in [4.69, 9.17) is 14.2 Å². The van der Waals surface area contributed by atoms with Gasteiger partial charge in [0.15, 0.2) is 0 Å². The van der Waals surface area contributed by atoms with Crippen molar-refractivity contribution >= 4 is 10.8 Å². The van der Waals surface area contributed by atoms with Gasteiger partial charge in [-0.1, -0.05) is 49.4 Å². The van der Waals surface area contributed by atoms with Crippen LogP contribution in [0.4, 0.5) is 0 Å². The predicted molar refractivity (Wildman–Crippen MR) is 117 cm³/mol. The molecule has 4 heteroatoms. The van der Waals surface area contributed by atoms with Crippen LogP contribution in [-0.2, 0) is 4.74 Å². The zero-order chi connectivity index (χ0) is 19.9. The van der Waals surface area contributed by atoms with E-state index in [0.717, 1.165) is 37.7 Å². The Hall–Kier alpha value is -2.56. The summed E-state index contributed by atoms with van der Waals surface area (Å²) < 4.78 is 17.6. The number of hydrogen-bond donors (Lipinski definition) is 0. The Morgan fingerprint density at radius 1 is 0.897 bits per heavy atom. The lowest BCUT2D eigenvalue weighted by atomic mass is 10.1. The van der Waals surface area contributed by atoms with Gasteiger partial charge < -0.3 is 14.2 Å². The van der Waals surface area contributed by atoms with Gasteiger partial charge in [0.25, 0.3) is 0 Å². The van der Waals surface area contributed by atoms with E-state index >= 15 is 0 Å². The quantitative estimate of drug-likeness (QED) is 0.501. The molecule has 3 aromatic carbocycles. The average Bonchev–Trinajstić information content (AvgIpc) is 2.77. The summed E-state index contributed by atoms with van der Waals surface area (Å²) in [6, 6.07) is 22.7. The molecule has 1 saturated heterocycles. The lowest BCUT2D eigenvalue weighted by molar-refractivity contribution is -0.0298. The lowest BCUT2D eigenvalue weighted by Crippen LogP contribution is -2.38. The summed E-state index contributed by atoms with van der Waals surface area (Å²) in [6.07, 6.45) is 1.33. The number of rotatable bonds is 8. The summed E-state index contributed by atoms with van der Waals surface area (Å²) in [5.74, 6) is 1.73. The van der Waals surface area contributed by atoms with Gasteiger partial charge in [0.05, 0.1) is 12.7 Å². The highest BCUT2D eigenvalue weighted by atomic mass is 16.5. The molecule has 0 saturated carbocycles. The third-order valence-electron chi connectivity index (χ3n) is 5.28. The number of benzene rings is 3. The second-order valence-electron chi connectivity index (χ2n) is 7.43. The first kappa shape index (κ1) is 19.7. The molecule has 1 fully saturated rings. The molecule has 0 aliphatic carbocycles. The molecule has 1 heterocycles. The monoisotopic (exact) mass is 391 g/mol. The molecule has 0 N–H and O–H groups in total. The smallest absolute Gasteiger partial charge is 0.122 e. The van der Waals surface area contributed by atoms with Crippen molar-refractivity contribution in [3.05, 3.63) is 72.3 Å². The van der Waals surface area contributed by atoms with Crippen molar-refractivity contribution in [1.82, 2.24) is 4.90 Å². The molecule has 0 radical (unpaired) electrons. The fourth-order valence-electron chi connectivity index (χ4n) is 3.78. The van der Waals surface area contributed by atoms with E-state index < -0.39 is 0 Å². The molecule has 4 nitrogen and oxygen atoms in total. The third-order valence-corrected chi connectivity index (χ3v) is 5.28. The van der Waals surface area contributed by atoms with Crippen LogP contribution in [0.3, 0.4) is 0 Å². The molecule has 1 atom stereocenters. The van der Waals surface area contributed by atoms with E-state index in [0.29, 0.717) is 13.2 Å². The van der Waals surface area contributed by atoms with Crippen LogP contribution in [0.15, 0.2) is 66.7 Å². The highest BCUT2D eigenvalue weighted by Gasteiger charge is 2.21. The predicted octanol–water partition coefficient (Wildman–Crippen LogP) is 5.08. The first-order chi connectivity index (χ1) is 14.3. The Bertz CT molecular complexity index is 907. The van der Waals surface area contributed by atoms with Crippen molar-refractivity contribution < 1.29 is 14.2 Å². The molecule has 0 aromatic heterocycles. The van der Waals surface area contributed by atoms with Gasteiger partial charge in [0, 0.05) is 13.1 Å². The number of nitrogens with zero attached hydrogens (tertiary/aromatic N) is 1. The maximum absolute atomic E-state index is 5.96. The minimum absolute atomic E-state index is 0.153. The second kappa shape index (κ2) is 9.77. The lowest BCUT2D eigenvalue weighted by Gasteiger charge is -2.33. The van der Waals surface area contributed by atoms with E-state index in [2.05, 4.69) is 48.2 Å². The fraction of sp³-hybridized carbons (Fsp3) is 0.360. The Kier molecular flexibility index (Phi) is 6.65. The fourth-order valence-corrected chi connectivity index (χ4v) is 3.78. The molecule has 0 bridgehead atoms. The molecule has 3 aromatic rings. The van der Waals surface area contributed by atoms with Gasteiger partial charge in [-0.3, -0.25) is 4.90 Å². The molecule has 152 valence electrons. The van der Waals surface area contributed by atoms with Crippen molar-refractivity contribution in [3.8, 4) is 11.5 Å².